The fourth-order valence-corrected chi connectivity index (χ4v) is 2.97. The van der Waals surface area contributed by atoms with Gasteiger partial charge in [0.15, 0.2) is 5.82 Å². The van der Waals surface area contributed by atoms with Crippen molar-refractivity contribution in [3.63, 3.8) is 0 Å². The minimum absolute atomic E-state index is 0.145. The molecule has 0 amide bonds. The van der Waals surface area contributed by atoms with E-state index >= 15 is 0 Å². The number of hydrogen-bond donors (Lipinski definition) is 2. The highest BCUT2D eigenvalue weighted by Crippen LogP contribution is 2.39. The summed E-state index contributed by atoms with van der Waals surface area (Å²) in [4.78, 5) is 11.2. The monoisotopic (exact) mass is 367 g/mol. The third-order valence-corrected chi connectivity index (χ3v) is 4.24. The molecule has 27 heavy (non-hydrogen) atoms. The van der Waals surface area contributed by atoms with Gasteiger partial charge in [0.05, 0.1) is 32.0 Å². The van der Waals surface area contributed by atoms with E-state index in [1.54, 1.807) is 17.9 Å². The van der Waals surface area contributed by atoms with E-state index in [0.29, 0.717) is 34.1 Å². The van der Waals surface area contributed by atoms with E-state index in [-0.39, 0.29) is 6.42 Å². The van der Waals surface area contributed by atoms with Crippen molar-refractivity contribution in [3.8, 4) is 17.2 Å². The first-order valence-corrected chi connectivity index (χ1v) is 8.38. The van der Waals surface area contributed by atoms with Crippen molar-refractivity contribution in [3.05, 3.63) is 59.8 Å². The van der Waals surface area contributed by atoms with E-state index in [2.05, 4.69) is 10.4 Å². The number of anilines is 2. The zero-order chi connectivity index (χ0) is 19.4. The predicted octanol–water partition coefficient (Wildman–Crippen LogP) is 3.57. The molecular formula is C20H21N3O4. The van der Waals surface area contributed by atoms with E-state index in [1.165, 1.54) is 7.11 Å². The number of nitrogens with one attached hydrogen (secondary N) is 1. The zero-order valence-corrected chi connectivity index (χ0v) is 15.4. The van der Waals surface area contributed by atoms with Crippen LogP contribution in [-0.4, -0.2) is 35.1 Å². The number of ether oxygens (including phenoxy) is 2. The van der Waals surface area contributed by atoms with Crippen molar-refractivity contribution in [2.45, 2.75) is 13.3 Å². The first kappa shape index (κ1) is 18.3. The van der Waals surface area contributed by atoms with E-state index < -0.39 is 5.97 Å². The van der Waals surface area contributed by atoms with Gasteiger partial charge in [0, 0.05) is 29.5 Å². The van der Waals surface area contributed by atoms with Crippen LogP contribution < -0.4 is 14.8 Å². The molecule has 0 saturated heterocycles. The number of para-hydroxylation sites is 1. The molecule has 3 aromatic rings. The molecule has 0 aliphatic rings. The summed E-state index contributed by atoms with van der Waals surface area (Å²) < 4.78 is 12.7. The fourth-order valence-electron chi connectivity index (χ4n) is 2.97. The standard InChI is InChI=1S/C20H21N3O4/c1-13-15(11-19(24)25)17(26-2)12-16(20(13)27-3)21-18-9-10-23(22-18)14-7-5-4-6-8-14/h4-10,12H,11H2,1-3H3,(H,21,22)(H,24,25). The van der Waals surface area contributed by atoms with E-state index in [4.69, 9.17) is 14.6 Å². The number of aromatic nitrogens is 2. The summed E-state index contributed by atoms with van der Waals surface area (Å²) in [5.74, 6) is 0.743. The Hall–Kier alpha value is -3.48. The predicted molar refractivity (Wildman–Crippen MR) is 102 cm³/mol. The lowest BCUT2D eigenvalue weighted by Gasteiger charge is -2.18. The van der Waals surface area contributed by atoms with Crippen molar-refractivity contribution >= 4 is 17.5 Å². The number of carboxylic acid groups (broad SMARTS) is 1. The summed E-state index contributed by atoms with van der Waals surface area (Å²) in [5, 5.41) is 16.9. The van der Waals surface area contributed by atoms with Crippen LogP contribution in [0, 0.1) is 6.92 Å². The second-order valence-corrected chi connectivity index (χ2v) is 5.94. The summed E-state index contributed by atoms with van der Waals surface area (Å²) in [6, 6.07) is 13.3. The van der Waals surface area contributed by atoms with Gasteiger partial charge in [-0.15, -0.1) is 0 Å². The fraction of sp³-hybridized carbons (Fsp3) is 0.200. The Kier molecular flexibility index (Phi) is 5.30. The Bertz CT molecular complexity index is 951. The van der Waals surface area contributed by atoms with Crippen LogP contribution in [0.3, 0.4) is 0 Å². The molecule has 2 aromatic carbocycles. The molecule has 0 atom stereocenters. The van der Waals surface area contributed by atoms with Gasteiger partial charge in [0.2, 0.25) is 0 Å². The Labute approximate surface area is 157 Å². The van der Waals surface area contributed by atoms with E-state index in [9.17, 15) is 4.79 Å². The number of carboxylic acids is 1. The van der Waals surface area contributed by atoms with Gasteiger partial charge in [0.25, 0.3) is 0 Å². The maximum Gasteiger partial charge on any atom is 0.307 e. The SMILES string of the molecule is COc1cc(Nc2ccn(-c3ccccc3)n2)c(OC)c(C)c1CC(=O)O. The Balaban J connectivity index is 1.96. The van der Waals surface area contributed by atoms with Gasteiger partial charge < -0.3 is 19.9 Å². The molecule has 1 heterocycles. The highest BCUT2D eigenvalue weighted by molar-refractivity contribution is 5.77. The smallest absolute Gasteiger partial charge is 0.307 e. The number of nitrogens with zero attached hydrogens (tertiary/aromatic N) is 2. The molecule has 0 aliphatic carbocycles. The molecule has 1 aromatic heterocycles. The number of carbonyl (C=O) groups is 1. The molecule has 0 aliphatic heterocycles. The summed E-state index contributed by atoms with van der Waals surface area (Å²) in [6.45, 7) is 1.81. The lowest BCUT2D eigenvalue weighted by atomic mass is 10.0. The molecule has 0 saturated carbocycles. The van der Waals surface area contributed by atoms with Gasteiger partial charge in [-0.3, -0.25) is 4.79 Å². The maximum atomic E-state index is 11.2. The first-order valence-electron chi connectivity index (χ1n) is 8.38. The van der Waals surface area contributed by atoms with Gasteiger partial charge in [-0.25, -0.2) is 4.68 Å². The molecule has 0 radical (unpaired) electrons. The number of methoxy groups -OCH3 is 2. The third-order valence-electron chi connectivity index (χ3n) is 4.24. The second-order valence-electron chi connectivity index (χ2n) is 5.94. The average molecular weight is 367 g/mol. The van der Waals surface area contributed by atoms with Gasteiger partial charge >= 0.3 is 5.97 Å². The Morgan fingerprint density at radius 3 is 2.56 bits per heavy atom. The second kappa shape index (κ2) is 7.82. The quantitative estimate of drug-likeness (QED) is 0.664. The molecule has 7 nitrogen and oxygen atoms in total. The van der Waals surface area contributed by atoms with Crippen molar-refractivity contribution in [2.24, 2.45) is 0 Å². The lowest BCUT2D eigenvalue weighted by molar-refractivity contribution is -0.136. The molecule has 0 spiro atoms. The van der Waals surface area contributed by atoms with E-state index in [0.717, 1.165) is 5.69 Å². The third kappa shape index (κ3) is 3.87. The van der Waals surface area contributed by atoms with Crippen molar-refractivity contribution < 1.29 is 19.4 Å². The topological polar surface area (TPSA) is 85.6 Å². The summed E-state index contributed by atoms with van der Waals surface area (Å²) in [7, 11) is 3.06. The largest absolute Gasteiger partial charge is 0.496 e. The molecular weight excluding hydrogens is 346 g/mol. The molecule has 7 heteroatoms. The van der Waals surface area contributed by atoms with Crippen LogP contribution in [0.1, 0.15) is 11.1 Å². The molecule has 140 valence electrons. The van der Waals surface area contributed by atoms with Crippen LogP contribution in [0.25, 0.3) is 5.69 Å². The van der Waals surface area contributed by atoms with Crippen LogP contribution in [0.4, 0.5) is 11.5 Å². The number of rotatable bonds is 7. The molecule has 0 fully saturated rings. The molecule has 0 unspecified atom stereocenters. The minimum Gasteiger partial charge on any atom is -0.496 e. The molecule has 2 N–H and O–H groups in total. The lowest BCUT2D eigenvalue weighted by Crippen LogP contribution is -2.07. The highest BCUT2D eigenvalue weighted by Gasteiger charge is 2.19. The van der Waals surface area contributed by atoms with Crippen LogP contribution >= 0.6 is 0 Å². The summed E-state index contributed by atoms with van der Waals surface area (Å²) >= 11 is 0. The molecule has 3 rings (SSSR count). The Morgan fingerprint density at radius 2 is 1.93 bits per heavy atom. The van der Waals surface area contributed by atoms with Crippen LogP contribution in [0.2, 0.25) is 0 Å². The van der Waals surface area contributed by atoms with Gasteiger partial charge in [-0.2, -0.15) is 5.10 Å². The average Bonchev–Trinajstić information content (AvgIpc) is 3.13. The normalized spacial score (nSPS) is 10.5. The van der Waals surface area contributed by atoms with Crippen LogP contribution in [-0.2, 0) is 11.2 Å². The minimum atomic E-state index is -0.930. The van der Waals surface area contributed by atoms with Crippen LogP contribution in [0.5, 0.6) is 11.5 Å². The van der Waals surface area contributed by atoms with Crippen LogP contribution in [0.15, 0.2) is 48.7 Å². The van der Waals surface area contributed by atoms with Gasteiger partial charge in [-0.05, 0) is 19.1 Å². The van der Waals surface area contributed by atoms with Gasteiger partial charge in [0.1, 0.15) is 11.5 Å². The Morgan fingerprint density at radius 1 is 1.19 bits per heavy atom. The number of hydrogen-bond acceptors (Lipinski definition) is 5. The number of aliphatic carboxylic acids is 1. The van der Waals surface area contributed by atoms with Crippen molar-refractivity contribution in [2.75, 3.05) is 19.5 Å². The zero-order valence-electron chi connectivity index (χ0n) is 15.4. The van der Waals surface area contributed by atoms with Crippen molar-refractivity contribution in [1.82, 2.24) is 9.78 Å². The summed E-state index contributed by atoms with van der Waals surface area (Å²) in [5.41, 5.74) is 2.90. The molecule has 0 bridgehead atoms. The highest BCUT2D eigenvalue weighted by atomic mass is 16.5. The van der Waals surface area contributed by atoms with Gasteiger partial charge in [-0.1, -0.05) is 18.2 Å². The van der Waals surface area contributed by atoms with E-state index in [1.807, 2.05) is 49.5 Å². The summed E-state index contributed by atoms with van der Waals surface area (Å²) in [6.07, 6.45) is 1.71. The maximum absolute atomic E-state index is 11.2. The number of benzene rings is 2. The van der Waals surface area contributed by atoms with Crippen molar-refractivity contribution in [1.29, 1.82) is 0 Å². The first-order chi connectivity index (χ1) is 13.0.